The molecule has 1 rings (SSSR count). The SMILES string of the molecule is CCNC(=O)CN(CC)c1nnc(C(C)(C)C)s1. The van der Waals surface area contributed by atoms with E-state index in [4.69, 9.17) is 0 Å². The van der Waals surface area contributed by atoms with Gasteiger partial charge in [0.25, 0.3) is 0 Å². The summed E-state index contributed by atoms with van der Waals surface area (Å²) in [7, 11) is 0. The normalized spacial score (nSPS) is 11.4. The van der Waals surface area contributed by atoms with Gasteiger partial charge in [-0.25, -0.2) is 0 Å². The molecule has 0 unspecified atom stereocenters. The van der Waals surface area contributed by atoms with E-state index < -0.39 is 0 Å². The maximum atomic E-state index is 11.6. The van der Waals surface area contributed by atoms with Gasteiger partial charge in [0.1, 0.15) is 5.01 Å². The van der Waals surface area contributed by atoms with E-state index in [0.29, 0.717) is 13.1 Å². The number of hydrogen-bond donors (Lipinski definition) is 1. The third kappa shape index (κ3) is 3.94. The van der Waals surface area contributed by atoms with Crippen LogP contribution in [0.15, 0.2) is 0 Å². The second-order valence-corrected chi connectivity index (χ2v) is 6.06. The Labute approximate surface area is 113 Å². The first-order valence-corrected chi connectivity index (χ1v) is 7.05. The first kappa shape index (κ1) is 14.9. The summed E-state index contributed by atoms with van der Waals surface area (Å²) in [5.41, 5.74) is 0.000998. The van der Waals surface area contributed by atoms with Crippen molar-refractivity contribution in [2.45, 2.75) is 40.0 Å². The monoisotopic (exact) mass is 270 g/mol. The number of carbonyl (C=O) groups is 1. The summed E-state index contributed by atoms with van der Waals surface area (Å²) in [6.45, 7) is 12.0. The molecule has 0 bridgehead atoms. The van der Waals surface area contributed by atoms with E-state index >= 15 is 0 Å². The summed E-state index contributed by atoms with van der Waals surface area (Å²) in [5.74, 6) is 0.0202. The topological polar surface area (TPSA) is 58.1 Å². The van der Waals surface area contributed by atoms with E-state index in [2.05, 4.69) is 36.3 Å². The number of anilines is 1. The lowest BCUT2D eigenvalue weighted by Gasteiger charge is -2.18. The van der Waals surface area contributed by atoms with E-state index in [0.717, 1.165) is 16.7 Å². The number of carbonyl (C=O) groups excluding carboxylic acids is 1. The molecule has 1 amide bonds. The minimum atomic E-state index is 0.000998. The molecule has 0 aliphatic rings. The second kappa shape index (κ2) is 6.13. The van der Waals surface area contributed by atoms with Crippen molar-refractivity contribution >= 4 is 22.4 Å². The van der Waals surface area contributed by atoms with E-state index in [9.17, 15) is 4.79 Å². The molecule has 0 radical (unpaired) electrons. The average Bonchev–Trinajstić information content (AvgIpc) is 2.75. The van der Waals surface area contributed by atoms with Gasteiger partial charge in [-0.3, -0.25) is 4.79 Å². The lowest BCUT2D eigenvalue weighted by Crippen LogP contribution is -2.37. The summed E-state index contributed by atoms with van der Waals surface area (Å²) < 4.78 is 0. The first-order valence-electron chi connectivity index (χ1n) is 6.24. The molecular formula is C12H22N4OS. The molecule has 0 fully saturated rings. The van der Waals surface area contributed by atoms with Crippen LogP contribution < -0.4 is 10.2 Å². The van der Waals surface area contributed by atoms with Crippen LogP contribution in [0.2, 0.25) is 0 Å². The van der Waals surface area contributed by atoms with Gasteiger partial charge in [0.05, 0.1) is 6.54 Å². The minimum absolute atomic E-state index is 0.000998. The fourth-order valence-electron chi connectivity index (χ4n) is 1.39. The van der Waals surface area contributed by atoms with Crippen LogP contribution in [0.1, 0.15) is 39.6 Å². The number of nitrogens with zero attached hydrogens (tertiary/aromatic N) is 3. The molecule has 0 aliphatic carbocycles. The maximum Gasteiger partial charge on any atom is 0.239 e. The quantitative estimate of drug-likeness (QED) is 0.886. The van der Waals surface area contributed by atoms with Gasteiger partial charge >= 0.3 is 0 Å². The van der Waals surface area contributed by atoms with E-state index in [1.54, 1.807) is 11.3 Å². The van der Waals surface area contributed by atoms with Crippen molar-refractivity contribution in [2.24, 2.45) is 0 Å². The van der Waals surface area contributed by atoms with E-state index in [1.807, 2.05) is 18.7 Å². The van der Waals surface area contributed by atoms with Crippen molar-refractivity contribution in [1.82, 2.24) is 15.5 Å². The fourth-order valence-corrected chi connectivity index (χ4v) is 2.35. The fraction of sp³-hybridized carbons (Fsp3) is 0.750. The molecule has 1 aromatic rings. The van der Waals surface area contributed by atoms with Crippen molar-refractivity contribution in [3.05, 3.63) is 5.01 Å². The van der Waals surface area contributed by atoms with Gasteiger partial charge in [-0.05, 0) is 13.8 Å². The van der Waals surface area contributed by atoms with Gasteiger partial charge < -0.3 is 10.2 Å². The van der Waals surface area contributed by atoms with Crippen LogP contribution in [0, 0.1) is 0 Å². The third-order valence-corrected chi connectivity index (χ3v) is 3.83. The highest BCUT2D eigenvalue weighted by Crippen LogP contribution is 2.29. The molecule has 18 heavy (non-hydrogen) atoms. The Morgan fingerprint density at radius 3 is 2.44 bits per heavy atom. The second-order valence-electron chi connectivity index (χ2n) is 5.11. The number of nitrogens with one attached hydrogen (secondary N) is 1. The van der Waals surface area contributed by atoms with Crippen molar-refractivity contribution < 1.29 is 4.79 Å². The Hall–Kier alpha value is -1.17. The van der Waals surface area contributed by atoms with Crippen LogP contribution in [0.25, 0.3) is 0 Å². The summed E-state index contributed by atoms with van der Waals surface area (Å²) >= 11 is 1.56. The Morgan fingerprint density at radius 2 is 2.00 bits per heavy atom. The zero-order valence-electron chi connectivity index (χ0n) is 11.8. The van der Waals surface area contributed by atoms with E-state index in [-0.39, 0.29) is 11.3 Å². The molecule has 5 nitrogen and oxygen atoms in total. The molecule has 1 N–H and O–H groups in total. The Bertz CT molecular complexity index is 397. The zero-order chi connectivity index (χ0) is 13.8. The minimum Gasteiger partial charge on any atom is -0.355 e. The smallest absolute Gasteiger partial charge is 0.239 e. The summed E-state index contributed by atoms with van der Waals surface area (Å²) in [4.78, 5) is 13.5. The molecule has 0 aromatic carbocycles. The van der Waals surface area contributed by atoms with Gasteiger partial charge in [-0.1, -0.05) is 32.1 Å². The highest BCUT2D eigenvalue weighted by Gasteiger charge is 2.21. The summed E-state index contributed by atoms with van der Waals surface area (Å²) in [5, 5.41) is 13.0. The third-order valence-electron chi connectivity index (χ3n) is 2.42. The standard InChI is InChI=1S/C12H22N4OS/c1-6-13-9(17)8-16(7-2)11-15-14-10(18-11)12(3,4)5/h6-8H2,1-5H3,(H,13,17). The van der Waals surface area contributed by atoms with Crippen LogP contribution >= 0.6 is 11.3 Å². The van der Waals surface area contributed by atoms with Crippen molar-refractivity contribution in [1.29, 1.82) is 0 Å². The maximum absolute atomic E-state index is 11.6. The molecule has 0 saturated heterocycles. The molecule has 6 heteroatoms. The van der Waals surface area contributed by atoms with Crippen LogP contribution in [-0.2, 0) is 10.2 Å². The first-order chi connectivity index (χ1) is 8.38. The number of aromatic nitrogens is 2. The van der Waals surface area contributed by atoms with Gasteiger partial charge in [-0.2, -0.15) is 0 Å². The highest BCUT2D eigenvalue weighted by atomic mass is 32.1. The molecule has 0 atom stereocenters. The number of likely N-dealkylation sites (N-methyl/N-ethyl adjacent to an activating group) is 2. The molecular weight excluding hydrogens is 248 g/mol. The lowest BCUT2D eigenvalue weighted by atomic mass is 9.98. The van der Waals surface area contributed by atoms with Crippen LogP contribution in [0.3, 0.4) is 0 Å². The molecule has 1 heterocycles. The predicted molar refractivity (Wildman–Crippen MR) is 75.2 cm³/mol. The van der Waals surface area contributed by atoms with Gasteiger partial charge in [-0.15, -0.1) is 10.2 Å². The van der Waals surface area contributed by atoms with Crippen molar-refractivity contribution in [3.63, 3.8) is 0 Å². The summed E-state index contributed by atoms with van der Waals surface area (Å²) in [6.07, 6.45) is 0. The van der Waals surface area contributed by atoms with Gasteiger partial charge in [0.15, 0.2) is 0 Å². The molecule has 0 aliphatic heterocycles. The summed E-state index contributed by atoms with van der Waals surface area (Å²) in [6, 6.07) is 0. The average molecular weight is 270 g/mol. The zero-order valence-corrected chi connectivity index (χ0v) is 12.6. The lowest BCUT2D eigenvalue weighted by molar-refractivity contribution is -0.119. The predicted octanol–water partition coefficient (Wildman–Crippen LogP) is 1.80. The van der Waals surface area contributed by atoms with E-state index in [1.165, 1.54) is 0 Å². The molecule has 1 aromatic heterocycles. The Morgan fingerprint density at radius 1 is 1.33 bits per heavy atom. The van der Waals surface area contributed by atoms with Gasteiger partial charge in [0.2, 0.25) is 11.0 Å². The van der Waals surface area contributed by atoms with Gasteiger partial charge in [0, 0.05) is 18.5 Å². The van der Waals surface area contributed by atoms with Crippen LogP contribution in [-0.4, -0.2) is 35.7 Å². The van der Waals surface area contributed by atoms with Crippen molar-refractivity contribution in [3.8, 4) is 0 Å². The van der Waals surface area contributed by atoms with Crippen LogP contribution in [0.5, 0.6) is 0 Å². The number of amides is 1. The Kier molecular flexibility index (Phi) is 5.07. The number of rotatable bonds is 5. The van der Waals surface area contributed by atoms with Crippen molar-refractivity contribution in [2.75, 3.05) is 24.5 Å². The highest BCUT2D eigenvalue weighted by molar-refractivity contribution is 7.15. The Balaban J connectivity index is 2.77. The molecule has 0 spiro atoms. The number of hydrogen-bond acceptors (Lipinski definition) is 5. The van der Waals surface area contributed by atoms with Crippen LogP contribution in [0.4, 0.5) is 5.13 Å². The molecule has 102 valence electrons. The largest absolute Gasteiger partial charge is 0.355 e. The molecule has 0 saturated carbocycles.